The molecule has 0 aliphatic rings. The van der Waals surface area contributed by atoms with Crippen molar-refractivity contribution in [2.24, 2.45) is 0 Å². The Balaban J connectivity index is 1.34. The number of aromatic nitrogens is 2. The van der Waals surface area contributed by atoms with Gasteiger partial charge in [-0.25, -0.2) is 14.8 Å². The van der Waals surface area contributed by atoms with Gasteiger partial charge in [0.1, 0.15) is 23.9 Å². The van der Waals surface area contributed by atoms with Gasteiger partial charge in [0.05, 0.1) is 23.5 Å². The summed E-state index contributed by atoms with van der Waals surface area (Å²) >= 11 is 5.96. The first kappa shape index (κ1) is 19.7. The predicted molar refractivity (Wildman–Crippen MR) is 110 cm³/mol. The van der Waals surface area contributed by atoms with E-state index in [9.17, 15) is 4.79 Å². The molecule has 30 heavy (non-hydrogen) atoms. The summed E-state index contributed by atoms with van der Waals surface area (Å²) in [6, 6.07) is 15.5. The van der Waals surface area contributed by atoms with E-state index in [0.29, 0.717) is 39.2 Å². The number of benzene rings is 2. The van der Waals surface area contributed by atoms with E-state index >= 15 is 0 Å². The lowest BCUT2D eigenvalue weighted by molar-refractivity contribution is -0.153. The van der Waals surface area contributed by atoms with Gasteiger partial charge in [-0.15, -0.1) is 0 Å². The molecule has 0 aliphatic carbocycles. The number of fused-ring (bicyclic) bond motifs is 1. The lowest BCUT2D eigenvalue weighted by Gasteiger charge is -2.14. The van der Waals surface area contributed by atoms with E-state index in [1.54, 1.807) is 61.5 Å². The zero-order valence-corrected chi connectivity index (χ0v) is 16.7. The molecule has 0 amide bonds. The van der Waals surface area contributed by atoms with Gasteiger partial charge in [0.25, 0.3) is 0 Å². The van der Waals surface area contributed by atoms with Crippen LogP contribution in [-0.2, 0) is 16.1 Å². The summed E-state index contributed by atoms with van der Waals surface area (Å²) in [7, 11) is 0. The number of ether oxygens (including phenoxy) is 3. The van der Waals surface area contributed by atoms with Crippen molar-refractivity contribution in [1.82, 2.24) is 9.97 Å². The normalized spacial score (nSPS) is 11.8. The summed E-state index contributed by atoms with van der Waals surface area (Å²) in [4.78, 5) is 20.7. The predicted octanol–water partition coefficient (Wildman–Crippen LogP) is 5.18. The van der Waals surface area contributed by atoms with Crippen molar-refractivity contribution >= 4 is 28.6 Å². The molecule has 152 valence electrons. The largest absolute Gasteiger partial charge is 0.479 e. The number of esters is 1. The maximum absolute atomic E-state index is 12.0. The quantitative estimate of drug-likeness (QED) is 0.378. The molecule has 2 heterocycles. The molecule has 1 unspecified atom stereocenters. The van der Waals surface area contributed by atoms with Crippen LogP contribution in [0.25, 0.3) is 11.0 Å². The molecule has 0 fully saturated rings. The molecule has 0 spiro atoms. The van der Waals surface area contributed by atoms with Gasteiger partial charge in [0.15, 0.2) is 6.10 Å². The number of halogens is 1. The summed E-state index contributed by atoms with van der Waals surface area (Å²) in [6.45, 7) is 1.68. The van der Waals surface area contributed by atoms with Crippen LogP contribution in [0.1, 0.15) is 12.7 Å². The fourth-order valence-corrected chi connectivity index (χ4v) is 2.80. The standard InChI is InChI=1S/C22H17ClN2O5/c1-14(22(26)28-13-18-3-2-10-27-18)29-16-5-7-17(8-6-16)30-21-12-24-20-11-15(23)4-9-19(20)25-21/h2-12,14H,13H2,1H3. The molecular formula is C22H17ClN2O5. The first-order chi connectivity index (χ1) is 14.6. The second-order valence-corrected chi connectivity index (χ2v) is 6.80. The maximum atomic E-state index is 12.0. The molecule has 0 bridgehead atoms. The maximum Gasteiger partial charge on any atom is 0.347 e. The summed E-state index contributed by atoms with van der Waals surface area (Å²) in [5, 5.41) is 0.597. The van der Waals surface area contributed by atoms with Crippen molar-refractivity contribution in [3.63, 3.8) is 0 Å². The fraction of sp³-hybridized carbons (Fsp3) is 0.136. The van der Waals surface area contributed by atoms with Gasteiger partial charge in [0.2, 0.25) is 5.88 Å². The van der Waals surface area contributed by atoms with Gasteiger partial charge in [-0.05, 0) is 61.5 Å². The number of rotatable bonds is 7. The third-order valence-corrected chi connectivity index (χ3v) is 4.35. The monoisotopic (exact) mass is 424 g/mol. The number of hydrogen-bond donors (Lipinski definition) is 0. The highest BCUT2D eigenvalue weighted by Gasteiger charge is 2.17. The van der Waals surface area contributed by atoms with Crippen LogP contribution in [0, 0.1) is 0 Å². The van der Waals surface area contributed by atoms with Crippen molar-refractivity contribution < 1.29 is 23.4 Å². The summed E-state index contributed by atoms with van der Waals surface area (Å²) < 4.78 is 21.6. The molecule has 0 aliphatic heterocycles. The Kier molecular flexibility index (Phi) is 5.81. The molecule has 0 N–H and O–H groups in total. The van der Waals surface area contributed by atoms with Crippen molar-refractivity contribution in [2.75, 3.05) is 0 Å². The molecule has 8 heteroatoms. The second kappa shape index (κ2) is 8.84. The highest BCUT2D eigenvalue weighted by atomic mass is 35.5. The molecule has 2 aromatic heterocycles. The Morgan fingerprint density at radius 2 is 1.90 bits per heavy atom. The van der Waals surface area contributed by atoms with E-state index in [4.69, 9.17) is 30.2 Å². The smallest absolute Gasteiger partial charge is 0.347 e. The Labute approximate surface area is 177 Å². The van der Waals surface area contributed by atoms with Crippen LogP contribution in [0.3, 0.4) is 0 Å². The van der Waals surface area contributed by atoms with Crippen molar-refractivity contribution in [3.8, 4) is 17.4 Å². The van der Waals surface area contributed by atoms with E-state index in [1.807, 2.05) is 0 Å². The van der Waals surface area contributed by atoms with E-state index in [0.717, 1.165) is 0 Å². The Bertz CT molecular complexity index is 1150. The van der Waals surface area contributed by atoms with Gasteiger partial charge < -0.3 is 18.6 Å². The molecule has 0 saturated heterocycles. The van der Waals surface area contributed by atoms with E-state index in [-0.39, 0.29) is 6.61 Å². The van der Waals surface area contributed by atoms with Gasteiger partial charge in [-0.1, -0.05) is 11.6 Å². The number of carbonyl (C=O) groups is 1. The molecule has 4 rings (SSSR count). The van der Waals surface area contributed by atoms with Gasteiger partial charge >= 0.3 is 5.97 Å². The van der Waals surface area contributed by atoms with Gasteiger partial charge in [-0.2, -0.15) is 0 Å². The first-order valence-electron chi connectivity index (χ1n) is 9.13. The van der Waals surface area contributed by atoms with Crippen LogP contribution in [0.4, 0.5) is 0 Å². The van der Waals surface area contributed by atoms with Crippen LogP contribution >= 0.6 is 11.6 Å². The summed E-state index contributed by atoms with van der Waals surface area (Å²) in [5.74, 6) is 1.49. The lowest BCUT2D eigenvalue weighted by atomic mass is 10.3. The molecule has 4 aromatic rings. The molecule has 2 aromatic carbocycles. The van der Waals surface area contributed by atoms with Gasteiger partial charge in [0, 0.05) is 5.02 Å². The Morgan fingerprint density at radius 3 is 2.67 bits per heavy atom. The highest BCUT2D eigenvalue weighted by Crippen LogP contribution is 2.25. The van der Waals surface area contributed by atoms with Crippen LogP contribution in [0.15, 0.2) is 71.5 Å². The van der Waals surface area contributed by atoms with Crippen LogP contribution < -0.4 is 9.47 Å². The zero-order valence-electron chi connectivity index (χ0n) is 15.9. The summed E-state index contributed by atoms with van der Waals surface area (Å²) in [5.41, 5.74) is 1.37. The van der Waals surface area contributed by atoms with Crippen LogP contribution in [0.5, 0.6) is 17.4 Å². The minimum absolute atomic E-state index is 0.0608. The van der Waals surface area contributed by atoms with Crippen molar-refractivity contribution in [1.29, 1.82) is 0 Å². The minimum atomic E-state index is -0.773. The SMILES string of the molecule is CC(Oc1ccc(Oc2cnc3cc(Cl)ccc3n2)cc1)C(=O)OCc1ccco1. The van der Waals surface area contributed by atoms with Crippen molar-refractivity contribution in [3.05, 3.63) is 77.8 Å². The molecular weight excluding hydrogens is 408 g/mol. The summed E-state index contributed by atoms with van der Waals surface area (Å²) in [6.07, 6.45) is 2.27. The Morgan fingerprint density at radius 1 is 1.10 bits per heavy atom. The average Bonchev–Trinajstić information content (AvgIpc) is 3.27. The topological polar surface area (TPSA) is 83.7 Å². The van der Waals surface area contributed by atoms with E-state index in [1.165, 1.54) is 12.5 Å². The third kappa shape index (κ3) is 4.87. The number of nitrogens with zero attached hydrogens (tertiary/aromatic N) is 2. The second-order valence-electron chi connectivity index (χ2n) is 6.36. The van der Waals surface area contributed by atoms with E-state index in [2.05, 4.69) is 9.97 Å². The highest BCUT2D eigenvalue weighted by molar-refractivity contribution is 6.31. The van der Waals surface area contributed by atoms with Crippen LogP contribution in [0.2, 0.25) is 5.02 Å². The molecule has 0 saturated carbocycles. The first-order valence-corrected chi connectivity index (χ1v) is 9.50. The van der Waals surface area contributed by atoms with Gasteiger partial charge in [-0.3, -0.25) is 0 Å². The number of hydrogen-bond acceptors (Lipinski definition) is 7. The number of furan rings is 1. The van der Waals surface area contributed by atoms with Crippen LogP contribution in [-0.4, -0.2) is 22.0 Å². The average molecular weight is 425 g/mol. The van der Waals surface area contributed by atoms with Crippen molar-refractivity contribution in [2.45, 2.75) is 19.6 Å². The third-order valence-electron chi connectivity index (χ3n) is 4.11. The Hall–Kier alpha value is -3.58. The zero-order chi connectivity index (χ0) is 20.9. The molecule has 7 nitrogen and oxygen atoms in total. The molecule has 0 radical (unpaired) electrons. The van der Waals surface area contributed by atoms with E-state index < -0.39 is 12.1 Å². The molecule has 1 atom stereocenters. The number of carbonyl (C=O) groups excluding carboxylic acids is 1. The fourth-order valence-electron chi connectivity index (χ4n) is 2.63. The minimum Gasteiger partial charge on any atom is -0.479 e. The lowest BCUT2D eigenvalue weighted by Crippen LogP contribution is -2.25.